The third-order valence-electron chi connectivity index (χ3n) is 3.77. The number of aryl methyl sites for hydroxylation is 1. The molecule has 0 fully saturated rings. The van der Waals surface area contributed by atoms with E-state index in [2.05, 4.69) is 60.8 Å². The van der Waals surface area contributed by atoms with Crippen LogP contribution in [-0.4, -0.2) is 7.11 Å². The van der Waals surface area contributed by atoms with Gasteiger partial charge in [-0.25, -0.2) is 0 Å². The Morgan fingerprint density at radius 3 is 2.12 bits per heavy atom. The molecule has 0 bridgehead atoms. The smallest absolute Gasteiger partial charge is 0.118 e. The Kier molecular flexibility index (Phi) is 5.44. The lowest BCUT2D eigenvalue weighted by atomic mass is 10.2. The molecule has 0 spiro atoms. The molecule has 2 nitrogen and oxygen atoms in total. The number of nitrogens with one attached hydrogen (secondary N) is 1. The molecular weight excluding hydrogens is 314 g/mol. The predicted octanol–water partition coefficient (Wildman–Crippen LogP) is 5.91. The monoisotopic (exact) mass is 335 g/mol. The quantitative estimate of drug-likeness (QED) is 0.447. The second-order valence-corrected chi connectivity index (χ2v) is 6.77. The zero-order chi connectivity index (χ0) is 16.8. The van der Waals surface area contributed by atoms with Gasteiger partial charge in [0, 0.05) is 10.6 Å². The topological polar surface area (TPSA) is 21.3 Å². The van der Waals surface area contributed by atoms with Crippen LogP contribution >= 0.6 is 11.8 Å². The van der Waals surface area contributed by atoms with Crippen LogP contribution in [0.4, 0.5) is 5.69 Å². The van der Waals surface area contributed by atoms with Crippen LogP contribution in [0.2, 0.25) is 0 Å². The molecule has 0 aromatic heterocycles. The Bertz CT molecular complexity index is 754. The highest BCUT2D eigenvalue weighted by Crippen LogP contribution is 2.36. The molecule has 3 aromatic carbocycles. The first-order valence-electron chi connectivity index (χ1n) is 7.93. The van der Waals surface area contributed by atoms with Crippen molar-refractivity contribution >= 4 is 17.4 Å². The SMILES string of the molecule is COc1ccc(C(Nc2ccccc2)Sc2ccc(C)cc2)cc1. The highest BCUT2D eigenvalue weighted by atomic mass is 32.2. The molecule has 0 amide bonds. The molecule has 3 aromatic rings. The molecule has 0 radical (unpaired) electrons. The fourth-order valence-electron chi connectivity index (χ4n) is 2.40. The Hall–Kier alpha value is -2.39. The maximum absolute atomic E-state index is 5.27. The summed E-state index contributed by atoms with van der Waals surface area (Å²) in [4.78, 5) is 1.24. The number of benzene rings is 3. The van der Waals surface area contributed by atoms with Crippen LogP contribution < -0.4 is 10.1 Å². The molecule has 0 aliphatic heterocycles. The first-order valence-corrected chi connectivity index (χ1v) is 8.81. The van der Waals surface area contributed by atoms with Crippen LogP contribution in [0.5, 0.6) is 5.75 Å². The number of thioether (sulfide) groups is 1. The van der Waals surface area contributed by atoms with Crippen LogP contribution in [0.15, 0.2) is 83.8 Å². The maximum atomic E-state index is 5.27. The van der Waals surface area contributed by atoms with Crippen molar-refractivity contribution in [1.82, 2.24) is 0 Å². The number of anilines is 1. The summed E-state index contributed by atoms with van der Waals surface area (Å²) in [5, 5.41) is 3.74. The summed E-state index contributed by atoms with van der Waals surface area (Å²) in [6.45, 7) is 2.11. The van der Waals surface area contributed by atoms with Crippen LogP contribution in [-0.2, 0) is 0 Å². The van der Waals surface area contributed by atoms with Gasteiger partial charge in [0.05, 0.1) is 7.11 Å². The molecular formula is C21H21NOS. The van der Waals surface area contributed by atoms with Crippen molar-refractivity contribution < 1.29 is 4.74 Å². The zero-order valence-corrected chi connectivity index (χ0v) is 14.7. The van der Waals surface area contributed by atoms with Gasteiger partial charge in [0.15, 0.2) is 0 Å². The molecule has 122 valence electrons. The predicted molar refractivity (Wildman–Crippen MR) is 103 cm³/mol. The Labute approximate surface area is 147 Å². The molecule has 0 heterocycles. The van der Waals surface area contributed by atoms with E-state index in [-0.39, 0.29) is 5.37 Å². The highest BCUT2D eigenvalue weighted by molar-refractivity contribution is 7.99. The lowest BCUT2D eigenvalue weighted by Gasteiger charge is -2.20. The van der Waals surface area contributed by atoms with Gasteiger partial charge in [-0.15, -0.1) is 0 Å². The number of rotatable bonds is 6. The van der Waals surface area contributed by atoms with Gasteiger partial charge in [0.1, 0.15) is 11.1 Å². The van der Waals surface area contributed by atoms with Gasteiger partial charge in [-0.1, -0.05) is 59.8 Å². The maximum Gasteiger partial charge on any atom is 0.118 e. The molecule has 3 rings (SSSR count). The van der Waals surface area contributed by atoms with Crippen molar-refractivity contribution in [2.75, 3.05) is 12.4 Å². The van der Waals surface area contributed by atoms with Gasteiger partial charge >= 0.3 is 0 Å². The number of methoxy groups -OCH3 is 1. The number of ether oxygens (including phenoxy) is 1. The molecule has 1 atom stereocenters. The number of hydrogen-bond acceptors (Lipinski definition) is 3. The van der Waals surface area contributed by atoms with Gasteiger partial charge in [-0.3, -0.25) is 0 Å². The van der Waals surface area contributed by atoms with Gasteiger partial charge < -0.3 is 10.1 Å². The van der Waals surface area contributed by atoms with Crippen LogP contribution in [0.25, 0.3) is 0 Å². The third kappa shape index (κ3) is 4.33. The minimum absolute atomic E-state index is 0.126. The van der Waals surface area contributed by atoms with Crippen molar-refractivity contribution in [3.63, 3.8) is 0 Å². The van der Waals surface area contributed by atoms with E-state index in [0.717, 1.165) is 11.4 Å². The Morgan fingerprint density at radius 2 is 1.50 bits per heavy atom. The van der Waals surface area contributed by atoms with E-state index in [0.29, 0.717) is 0 Å². The number of para-hydroxylation sites is 1. The van der Waals surface area contributed by atoms with Crippen molar-refractivity contribution in [2.45, 2.75) is 17.2 Å². The van der Waals surface area contributed by atoms with E-state index in [1.807, 2.05) is 30.3 Å². The largest absolute Gasteiger partial charge is 0.497 e. The van der Waals surface area contributed by atoms with E-state index in [9.17, 15) is 0 Å². The summed E-state index contributed by atoms with van der Waals surface area (Å²) in [5.41, 5.74) is 3.60. The summed E-state index contributed by atoms with van der Waals surface area (Å²) >= 11 is 1.81. The van der Waals surface area contributed by atoms with Crippen LogP contribution in [0.1, 0.15) is 16.5 Å². The highest BCUT2D eigenvalue weighted by Gasteiger charge is 2.13. The van der Waals surface area contributed by atoms with E-state index in [4.69, 9.17) is 4.74 Å². The Morgan fingerprint density at radius 1 is 0.833 bits per heavy atom. The molecule has 0 aliphatic carbocycles. The second kappa shape index (κ2) is 7.93. The van der Waals surface area contributed by atoms with E-state index >= 15 is 0 Å². The molecule has 3 heteroatoms. The molecule has 0 saturated carbocycles. The Balaban J connectivity index is 1.85. The average Bonchev–Trinajstić information content (AvgIpc) is 2.64. The molecule has 1 N–H and O–H groups in total. The van der Waals surface area contributed by atoms with Crippen molar-refractivity contribution in [1.29, 1.82) is 0 Å². The van der Waals surface area contributed by atoms with E-state index < -0.39 is 0 Å². The van der Waals surface area contributed by atoms with Crippen LogP contribution in [0, 0.1) is 6.92 Å². The van der Waals surface area contributed by atoms with Crippen molar-refractivity contribution in [3.05, 3.63) is 90.0 Å². The summed E-state index contributed by atoms with van der Waals surface area (Å²) in [7, 11) is 1.69. The second-order valence-electron chi connectivity index (χ2n) is 5.59. The zero-order valence-electron chi connectivity index (χ0n) is 13.9. The lowest BCUT2D eigenvalue weighted by Crippen LogP contribution is -2.07. The van der Waals surface area contributed by atoms with Crippen molar-refractivity contribution in [3.8, 4) is 5.75 Å². The normalized spacial score (nSPS) is 11.8. The van der Waals surface area contributed by atoms with Crippen molar-refractivity contribution in [2.24, 2.45) is 0 Å². The first-order chi connectivity index (χ1) is 11.7. The average molecular weight is 335 g/mol. The summed E-state index contributed by atoms with van der Waals surface area (Å²) in [6.07, 6.45) is 0. The fraction of sp³-hybridized carbons (Fsp3) is 0.143. The summed E-state index contributed by atoms with van der Waals surface area (Å²) < 4.78 is 5.27. The summed E-state index contributed by atoms with van der Waals surface area (Å²) in [5.74, 6) is 0.873. The van der Waals surface area contributed by atoms with Crippen LogP contribution in [0.3, 0.4) is 0 Å². The molecule has 0 aliphatic rings. The summed E-state index contributed by atoms with van der Waals surface area (Å²) in [6, 6.07) is 27.2. The standard InChI is InChI=1S/C21H21NOS/c1-16-8-14-20(15-9-16)24-21(22-18-6-4-3-5-7-18)17-10-12-19(23-2)13-11-17/h3-15,21-22H,1-2H3. The van der Waals surface area contributed by atoms with Gasteiger partial charge in [-0.2, -0.15) is 0 Å². The number of hydrogen-bond donors (Lipinski definition) is 1. The molecule has 24 heavy (non-hydrogen) atoms. The fourth-order valence-corrected chi connectivity index (χ4v) is 3.45. The third-order valence-corrected chi connectivity index (χ3v) is 4.94. The van der Waals surface area contributed by atoms with Gasteiger partial charge in [-0.05, 0) is 48.9 Å². The molecule has 0 saturated heterocycles. The first kappa shape index (κ1) is 16.5. The van der Waals surface area contributed by atoms with Gasteiger partial charge in [0.25, 0.3) is 0 Å². The van der Waals surface area contributed by atoms with E-state index in [1.54, 1.807) is 18.9 Å². The molecule has 1 unspecified atom stereocenters. The van der Waals surface area contributed by atoms with Gasteiger partial charge in [0.2, 0.25) is 0 Å². The van der Waals surface area contributed by atoms with E-state index in [1.165, 1.54) is 16.0 Å². The lowest BCUT2D eigenvalue weighted by molar-refractivity contribution is 0.414. The minimum atomic E-state index is 0.126. The minimum Gasteiger partial charge on any atom is -0.497 e.